The number of anilines is 3. The average Bonchev–Trinajstić information content (AvgIpc) is 3.05. The number of thiophene rings is 1. The Kier molecular flexibility index (Phi) is 6.12. The van der Waals surface area contributed by atoms with Crippen LogP contribution in [0.4, 0.5) is 20.8 Å². The number of nitrogen functional groups attached to an aromatic ring is 1. The number of hydrogen-bond donors (Lipinski definition) is 3. The lowest BCUT2D eigenvalue weighted by atomic mass is 10.1. The normalized spacial score (nSPS) is 10.4. The van der Waals surface area contributed by atoms with E-state index in [1.807, 2.05) is 0 Å². The van der Waals surface area contributed by atoms with Crippen LogP contribution in [0.5, 0.6) is 0 Å². The molecule has 0 unspecified atom stereocenters. The Hall–Kier alpha value is -3.72. The highest BCUT2D eigenvalue weighted by Crippen LogP contribution is 2.34. The number of nitrogens with two attached hydrogens (primary N) is 1. The number of esters is 1. The van der Waals surface area contributed by atoms with E-state index in [2.05, 4.69) is 10.6 Å². The third-order valence-corrected chi connectivity index (χ3v) is 5.45. The highest BCUT2D eigenvalue weighted by atomic mass is 32.1. The molecule has 4 N–H and O–H groups in total. The maximum absolute atomic E-state index is 13.9. The van der Waals surface area contributed by atoms with E-state index in [1.54, 1.807) is 31.2 Å². The maximum atomic E-state index is 13.9. The van der Waals surface area contributed by atoms with Crippen LogP contribution < -0.4 is 16.4 Å². The van der Waals surface area contributed by atoms with E-state index >= 15 is 0 Å². The first kappa shape index (κ1) is 21.0. The lowest BCUT2D eigenvalue weighted by Crippen LogP contribution is -2.14. The molecule has 2 amide bonds. The molecule has 1 aromatic heterocycles. The largest absolute Gasteiger partial charge is 0.465 e. The summed E-state index contributed by atoms with van der Waals surface area (Å²) in [7, 11) is 1.20. The van der Waals surface area contributed by atoms with E-state index < -0.39 is 23.6 Å². The number of carbonyl (C=O) groups is 3. The number of halogens is 1. The van der Waals surface area contributed by atoms with Crippen molar-refractivity contribution in [1.82, 2.24) is 0 Å². The molecule has 0 spiro atoms. The molecule has 2 aromatic carbocycles. The van der Waals surface area contributed by atoms with E-state index in [1.165, 1.54) is 31.4 Å². The third-order valence-electron chi connectivity index (χ3n) is 4.24. The summed E-state index contributed by atoms with van der Waals surface area (Å²) in [5.41, 5.74) is 6.76. The second-order valence-electron chi connectivity index (χ2n) is 6.27. The predicted octanol–water partition coefficient (Wildman–Crippen LogP) is 4.07. The number of carbonyl (C=O) groups excluding carboxylic acids is 3. The molecule has 0 atom stereocenters. The van der Waals surface area contributed by atoms with Gasteiger partial charge in [0, 0.05) is 11.3 Å². The molecule has 0 saturated carbocycles. The number of hydrogen-bond acceptors (Lipinski definition) is 6. The lowest BCUT2D eigenvalue weighted by Gasteiger charge is -2.06. The molecular weight excluding hydrogens is 409 g/mol. The molecule has 7 nitrogen and oxygen atoms in total. The fraction of sp³-hybridized carbons (Fsp3) is 0.0952. The minimum atomic E-state index is -0.712. The molecule has 0 aliphatic rings. The number of nitrogens with one attached hydrogen (secondary N) is 2. The van der Waals surface area contributed by atoms with Gasteiger partial charge in [-0.15, -0.1) is 11.3 Å². The molecule has 9 heteroatoms. The summed E-state index contributed by atoms with van der Waals surface area (Å²) in [4.78, 5) is 37.7. The molecule has 0 aliphatic carbocycles. The van der Waals surface area contributed by atoms with Crippen LogP contribution in [0.2, 0.25) is 0 Å². The standard InChI is InChI=1S/C21H18FN3O4S/c1-11-16(21(28)29-2)20(25-18(26)12-6-5-7-13(23)10-12)30-17(11)19(27)24-15-9-4-3-8-14(15)22/h3-10H,23H2,1-2H3,(H,24,27)(H,25,26). The van der Waals surface area contributed by atoms with Crippen molar-refractivity contribution >= 4 is 45.5 Å². The van der Waals surface area contributed by atoms with Crippen molar-refractivity contribution in [3.8, 4) is 0 Å². The molecule has 154 valence electrons. The quantitative estimate of drug-likeness (QED) is 0.420. The minimum absolute atomic E-state index is 0.000245. The van der Waals surface area contributed by atoms with Gasteiger partial charge in [0.25, 0.3) is 11.8 Å². The van der Waals surface area contributed by atoms with Crippen LogP contribution in [0.15, 0.2) is 48.5 Å². The summed E-state index contributed by atoms with van der Waals surface area (Å²) < 4.78 is 18.7. The summed E-state index contributed by atoms with van der Waals surface area (Å²) in [6.45, 7) is 1.55. The van der Waals surface area contributed by atoms with Gasteiger partial charge in [-0.25, -0.2) is 9.18 Å². The van der Waals surface area contributed by atoms with Crippen LogP contribution >= 0.6 is 11.3 Å². The first-order valence-corrected chi connectivity index (χ1v) is 9.58. The molecule has 0 radical (unpaired) electrons. The van der Waals surface area contributed by atoms with Crippen molar-refractivity contribution < 1.29 is 23.5 Å². The van der Waals surface area contributed by atoms with Gasteiger partial charge in [0.1, 0.15) is 10.8 Å². The van der Waals surface area contributed by atoms with Crippen LogP contribution in [0.3, 0.4) is 0 Å². The van der Waals surface area contributed by atoms with E-state index in [9.17, 15) is 18.8 Å². The highest BCUT2D eigenvalue weighted by Gasteiger charge is 2.27. The Morgan fingerprint density at radius 2 is 1.77 bits per heavy atom. The Balaban J connectivity index is 1.95. The second-order valence-corrected chi connectivity index (χ2v) is 7.29. The van der Waals surface area contributed by atoms with Gasteiger partial charge in [0.15, 0.2) is 0 Å². The SMILES string of the molecule is COC(=O)c1c(NC(=O)c2cccc(N)c2)sc(C(=O)Nc2ccccc2F)c1C. The first-order valence-electron chi connectivity index (χ1n) is 8.76. The summed E-state index contributed by atoms with van der Waals surface area (Å²) in [6.07, 6.45) is 0. The average molecular weight is 427 g/mol. The van der Waals surface area contributed by atoms with Gasteiger partial charge in [-0.1, -0.05) is 18.2 Å². The summed E-state index contributed by atoms with van der Waals surface area (Å²) in [5, 5.41) is 5.25. The zero-order chi connectivity index (χ0) is 21.8. The summed E-state index contributed by atoms with van der Waals surface area (Å²) >= 11 is 0.892. The summed E-state index contributed by atoms with van der Waals surface area (Å²) in [6, 6.07) is 12.0. The Morgan fingerprint density at radius 3 is 2.43 bits per heavy atom. The Bertz CT molecular complexity index is 1140. The second kappa shape index (κ2) is 8.75. The number of rotatable bonds is 5. The van der Waals surface area contributed by atoms with Gasteiger partial charge in [0.2, 0.25) is 0 Å². The Morgan fingerprint density at radius 1 is 1.03 bits per heavy atom. The molecule has 0 fully saturated rings. The molecule has 30 heavy (non-hydrogen) atoms. The van der Waals surface area contributed by atoms with Gasteiger partial charge in [-0.05, 0) is 42.8 Å². The number of amides is 2. The topological polar surface area (TPSA) is 111 Å². The number of methoxy groups -OCH3 is 1. The van der Waals surface area contributed by atoms with Crippen LogP contribution in [0, 0.1) is 12.7 Å². The van der Waals surface area contributed by atoms with Crippen LogP contribution in [-0.4, -0.2) is 24.9 Å². The van der Waals surface area contributed by atoms with Gasteiger partial charge >= 0.3 is 5.97 Å². The van der Waals surface area contributed by atoms with Crippen LogP contribution in [0.1, 0.15) is 36.0 Å². The van der Waals surface area contributed by atoms with Gasteiger partial charge < -0.3 is 21.1 Å². The number of benzene rings is 2. The first-order chi connectivity index (χ1) is 14.3. The summed E-state index contributed by atoms with van der Waals surface area (Å²) in [5.74, 6) is -2.42. The van der Waals surface area contributed by atoms with Crippen molar-refractivity contribution in [2.24, 2.45) is 0 Å². The van der Waals surface area contributed by atoms with E-state index in [0.29, 0.717) is 11.3 Å². The minimum Gasteiger partial charge on any atom is -0.465 e. The highest BCUT2D eigenvalue weighted by molar-refractivity contribution is 7.19. The fourth-order valence-corrected chi connectivity index (χ4v) is 3.85. The number of ether oxygens (including phenoxy) is 1. The van der Waals surface area contributed by atoms with Crippen molar-refractivity contribution in [3.05, 3.63) is 75.9 Å². The monoisotopic (exact) mass is 427 g/mol. The van der Waals surface area contributed by atoms with Crippen LogP contribution in [0.25, 0.3) is 0 Å². The van der Waals surface area contributed by atoms with Gasteiger partial charge in [-0.3, -0.25) is 9.59 Å². The molecule has 1 heterocycles. The van der Waals surface area contributed by atoms with Gasteiger partial charge in [0.05, 0.1) is 23.2 Å². The maximum Gasteiger partial charge on any atom is 0.341 e. The number of para-hydroxylation sites is 1. The zero-order valence-electron chi connectivity index (χ0n) is 16.1. The molecule has 0 saturated heterocycles. The Labute approximate surface area is 175 Å². The van der Waals surface area contributed by atoms with E-state index in [4.69, 9.17) is 10.5 Å². The van der Waals surface area contributed by atoms with Crippen molar-refractivity contribution in [3.63, 3.8) is 0 Å². The molecule has 3 aromatic rings. The fourth-order valence-electron chi connectivity index (χ4n) is 2.76. The van der Waals surface area contributed by atoms with Crippen molar-refractivity contribution in [2.75, 3.05) is 23.5 Å². The van der Waals surface area contributed by atoms with Crippen molar-refractivity contribution in [1.29, 1.82) is 0 Å². The molecule has 0 aliphatic heterocycles. The lowest BCUT2D eigenvalue weighted by molar-refractivity contribution is 0.0601. The molecular formula is C21H18FN3O4S. The zero-order valence-corrected chi connectivity index (χ0v) is 16.9. The van der Waals surface area contributed by atoms with Crippen LogP contribution in [-0.2, 0) is 4.74 Å². The van der Waals surface area contributed by atoms with E-state index in [-0.39, 0.29) is 26.7 Å². The third kappa shape index (κ3) is 4.31. The predicted molar refractivity (Wildman–Crippen MR) is 114 cm³/mol. The molecule has 0 bridgehead atoms. The van der Waals surface area contributed by atoms with Crippen molar-refractivity contribution in [2.45, 2.75) is 6.92 Å². The van der Waals surface area contributed by atoms with E-state index in [0.717, 1.165) is 11.3 Å². The van der Waals surface area contributed by atoms with Gasteiger partial charge in [-0.2, -0.15) is 0 Å². The molecule has 3 rings (SSSR count). The smallest absolute Gasteiger partial charge is 0.341 e.